The fourth-order valence-electron chi connectivity index (χ4n) is 2.96. The van der Waals surface area contributed by atoms with E-state index in [0.29, 0.717) is 19.2 Å². The molecule has 144 valence electrons. The molecule has 4 nitrogen and oxygen atoms in total. The molecule has 0 unspecified atom stereocenters. The van der Waals surface area contributed by atoms with Crippen LogP contribution in [0.4, 0.5) is 0 Å². The zero-order valence-electron chi connectivity index (χ0n) is 15.7. The molecule has 0 radical (unpaired) electrons. The van der Waals surface area contributed by atoms with Crippen molar-refractivity contribution in [3.8, 4) is 5.75 Å². The number of ether oxygens (including phenoxy) is 1. The summed E-state index contributed by atoms with van der Waals surface area (Å²) in [5.41, 5.74) is 3.09. The summed E-state index contributed by atoms with van der Waals surface area (Å²) in [5, 5.41) is 7.21. The molecule has 0 N–H and O–H groups in total. The monoisotopic (exact) mass is 410 g/mol. The van der Waals surface area contributed by atoms with Gasteiger partial charge < -0.3 is 9.64 Å². The summed E-state index contributed by atoms with van der Waals surface area (Å²) in [4.78, 5) is 19.1. The predicted molar refractivity (Wildman–Crippen MR) is 115 cm³/mol. The van der Waals surface area contributed by atoms with E-state index in [9.17, 15) is 4.79 Å². The van der Waals surface area contributed by atoms with Gasteiger partial charge in [-0.3, -0.25) is 4.79 Å². The van der Waals surface area contributed by atoms with Gasteiger partial charge in [0.15, 0.2) is 0 Å². The van der Waals surface area contributed by atoms with Crippen molar-refractivity contribution in [3.63, 3.8) is 0 Å². The minimum atomic E-state index is 0.0676. The molecule has 1 aromatic carbocycles. The summed E-state index contributed by atoms with van der Waals surface area (Å²) in [5.74, 6) is 0.843. The Morgan fingerprint density at radius 1 is 1.32 bits per heavy atom. The quantitative estimate of drug-likeness (QED) is 0.474. The topological polar surface area (TPSA) is 42.4 Å². The van der Waals surface area contributed by atoms with Crippen LogP contribution in [0.1, 0.15) is 34.7 Å². The lowest BCUT2D eigenvalue weighted by atomic mass is 10.2. The Kier molecular flexibility index (Phi) is 5.88. The summed E-state index contributed by atoms with van der Waals surface area (Å²) < 4.78 is 5.83. The molecule has 6 heteroatoms. The number of rotatable bonds is 8. The number of hydrogen-bond acceptors (Lipinski definition) is 5. The zero-order chi connectivity index (χ0) is 19.3. The Morgan fingerprint density at radius 2 is 2.21 bits per heavy atom. The molecule has 0 aliphatic heterocycles. The average molecular weight is 411 g/mol. The summed E-state index contributed by atoms with van der Waals surface area (Å²) >= 11 is 3.29. The average Bonchev–Trinajstić information content (AvgIpc) is 3.24. The normalized spacial score (nSPS) is 13.8. The van der Waals surface area contributed by atoms with E-state index in [2.05, 4.69) is 21.8 Å². The molecule has 0 spiro atoms. The minimum Gasteiger partial charge on any atom is -0.487 e. The molecule has 1 aliphatic carbocycles. The van der Waals surface area contributed by atoms with E-state index >= 15 is 0 Å². The maximum Gasteiger partial charge on any atom is 0.247 e. The maximum absolute atomic E-state index is 12.7. The van der Waals surface area contributed by atoms with Gasteiger partial charge in [-0.05, 0) is 65.9 Å². The van der Waals surface area contributed by atoms with Crippen LogP contribution in [-0.4, -0.2) is 21.8 Å². The Hall–Kier alpha value is -2.44. The number of hydrogen-bond donors (Lipinski definition) is 0. The molecule has 4 rings (SSSR count). The largest absolute Gasteiger partial charge is 0.487 e. The number of aromatic nitrogens is 1. The Balaban J connectivity index is 1.38. The summed E-state index contributed by atoms with van der Waals surface area (Å²) in [7, 11) is 0. The molecule has 0 saturated heterocycles. The van der Waals surface area contributed by atoms with Crippen LogP contribution in [-0.2, 0) is 17.9 Å². The van der Waals surface area contributed by atoms with Gasteiger partial charge in [0.25, 0.3) is 0 Å². The fourth-order valence-corrected chi connectivity index (χ4v) is 4.21. The van der Waals surface area contributed by atoms with Gasteiger partial charge in [0, 0.05) is 24.0 Å². The van der Waals surface area contributed by atoms with E-state index in [1.165, 1.54) is 5.56 Å². The number of carbonyl (C=O) groups excluding carboxylic acids is 1. The first-order valence-corrected chi connectivity index (χ1v) is 11.1. The number of aryl methyl sites for hydroxylation is 1. The number of thiophene rings is 1. The maximum atomic E-state index is 12.7. The second kappa shape index (κ2) is 8.71. The lowest BCUT2D eigenvalue weighted by Crippen LogP contribution is -2.30. The van der Waals surface area contributed by atoms with Gasteiger partial charge in [0.05, 0.1) is 10.7 Å². The van der Waals surface area contributed by atoms with Crippen LogP contribution >= 0.6 is 22.7 Å². The molecule has 1 saturated carbocycles. The Bertz CT molecular complexity index is 959. The van der Waals surface area contributed by atoms with Crippen LogP contribution < -0.4 is 4.74 Å². The SMILES string of the molecule is Cc1nc(COc2cccc(/C=C/C(=O)N(Cc3ccsc3)C3CC3)c2)cs1. The van der Waals surface area contributed by atoms with Crippen LogP contribution in [0.15, 0.2) is 52.5 Å². The molecule has 1 amide bonds. The van der Waals surface area contributed by atoms with E-state index in [0.717, 1.165) is 34.9 Å². The van der Waals surface area contributed by atoms with E-state index in [-0.39, 0.29) is 5.91 Å². The molecule has 2 heterocycles. The summed E-state index contributed by atoms with van der Waals surface area (Å²) in [6, 6.07) is 10.3. The van der Waals surface area contributed by atoms with Gasteiger partial charge >= 0.3 is 0 Å². The van der Waals surface area contributed by atoms with Crippen LogP contribution in [0.2, 0.25) is 0 Å². The third-order valence-corrected chi connectivity index (χ3v) is 6.09. The molecule has 1 fully saturated rings. The molecular weight excluding hydrogens is 388 g/mol. The molecule has 1 aliphatic rings. The number of carbonyl (C=O) groups is 1. The summed E-state index contributed by atoms with van der Waals surface area (Å²) in [6.07, 6.45) is 5.74. The van der Waals surface area contributed by atoms with Crippen molar-refractivity contribution in [2.24, 2.45) is 0 Å². The van der Waals surface area contributed by atoms with Gasteiger partial charge in [0.1, 0.15) is 12.4 Å². The number of benzene rings is 1. The van der Waals surface area contributed by atoms with Crippen molar-refractivity contribution in [1.29, 1.82) is 0 Å². The highest BCUT2D eigenvalue weighted by atomic mass is 32.1. The van der Waals surface area contributed by atoms with Crippen molar-refractivity contribution in [2.45, 2.75) is 39.0 Å². The van der Waals surface area contributed by atoms with E-state index in [4.69, 9.17) is 4.74 Å². The van der Waals surface area contributed by atoms with Crippen molar-refractivity contribution < 1.29 is 9.53 Å². The van der Waals surface area contributed by atoms with Crippen LogP contribution in [0, 0.1) is 6.92 Å². The molecule has 0 bridgehead atoms. The van der Waals surface area contributed by atoms with Gasteiger partial charge in [0.2, 0.25) is 5.91 Å². The van der Waals surface area contributed by atoms with E-state index in [1.807, 2.05) is 47.5 Å². The lowest BCUT2D eigenvalue weighted by Gasteiger charge is -2.20. The van der Waals surface area contributed by atoms with E-state index in [1.54, 1.807) is 28.7 Å². The molecular formula is C22H22N2O2S2. The highest BCUT2D eigenvalue weighted by molar-refractivity contribution is 7.09. The van der Waals surface area contributed by atoms with Crippen molar-refractivity contribution >= 4 is 34.7 Å². The predicted octanol–water partition coefficient (Wildman–Crippen LogP) is 5.30. The second-order valence-corrected chi connectivity index (χ2v) is 8.72. The smallest absolute Gasteiger partial charge is 0.247 e. The van der Waals surface area contributed by atoms with Crippen LogP contribution in [0.25, 0.3) is 6.08 Å². The first-order valence-electron chi connectivity index (χ1n) is 9.31. The number of thiazole rings is 1. The van der Waals surface area contributed by atoms with E-state index < -0.39 is 0 Å². The van der Waals surface area contributed by atoms with Gasteiger partial charge in [-0.1, -0.05) is 12.1 Å². The summed E-state index contributed by atoms with van der Waals surface area (Å²) in [6.45, 7) is 3.12. The fraction of sp³-hybridized carbons (Fsp3) is 0.273. The van der Waals surface area contributed by atoms with Crippen LogP contribution in [0.5, 0.6) is 5.75 Å². The van der Waals surface area contributed by atoms with Crippen molar-refractivity contribution in [3.05, 3.63) is 74.4 Å². The molecule has 3 aromatic rings. The Morgan fingerprint density at radius 3 is 2.93 bits per heavy atom. The number of nitrogens with zero attached hydrogens (tertiary/aromatic N) is 2. The Labute approximate surface area is 173 Å². The highest BCUT2D eigenvalue weighted by Gasteiger charge is 2.31. The van der Waals surface area contributed by atoms with Gasteiger partial charge in [-0.2, -0.15) is 11.3 Å². The van der Waals surface area contributed by atoms with Crippen molar-refractivity contribution in [1.82, 2.24) is 9.88 Å². The molecule has 0 atom stereocenters. The molecule has 2 aromatic heterocycles. The van der Waals surface area contributed by atoms with Gasteiger partial charge in [-0.15, -0.1) is 11.3 Å². The van der Waals surface area contributed by atoms with Gasteiger partial charge in [-0.25, -0.2) is 4.98 Å². The zero-order valence-corrected chi connectivity index (χ0v) is 17.3. The lowest BCUT2D eigenvalue weighted by molar-refractivity contribution is -0.127. The second-order valence-electron chi connectivity index (χ2n) is 6.88. The molecule has 28 heavy (non-hydrogen) atoms. The highest BCUT2D eigenvalue weighted by Crippen LogP contribution is 2.29. The van der Waals surface area contributed by atoms with Crippen LogP contribution in [0.3, 0.4) is 0 Å². The third kappa shape index (κ3) is 5.09. The first kappa shape index (κ1) is 18.9. The third-order valence-electron chi connectivity index (χ3n) is 4.53. The standard InChI is InChI=1S/C22H22N2O2S2/c1-16-23-19(15-28-16)13-26-21-4-2-3-17(11-21)5-8-22(25)24(20-6-7-20)12-18-9-10-27-14-18/h2-5,8-11,14-15,20H,6-7,12-13H2,1H3/b8-5+. The minimum absolute atomic E-state index is 0.0676. The first-order chi connectivity index (χ1) is 13.7. The number of amides is 1. The van der Waals surface area contributed by atoms with Crippen molar-refractivity contribution in [2.75, 3.05) is 0 Å².